The van der Waals surface area contributed by atoms with E-state index >= 15 is 0 Å². The largest absolute Gasteiger partial charge is 0.493 e. The topological polar surface area (TPSA) is 65.4 Å². The lowest BCUT2D eigenvalue weighted by molar-refractivity contribution is 0.102. The average Bonchev–Trinajstić information content (AvgIpc) is 3.24. The van der Waals surface area contributed by atoms with Gasteiger partial charge in [-0.05, 0) is 68.1 Å². The molecule has 0 atom stereocenters. The zero-order valence-corrected chi connectivity index (χ0v) is 18.2. The predicted molar refractivity (Wildman–Crippen MR) is 122 cm³/mol. The average molecular weight is 420 g/mol. The summed E-state index contributed by atoms with van der Waals surface area (Å²) in [5, 5.41) is 2.95. The van der Waals surface area contributed by atoms with E-state index < -0.39 is 0 Å². The Labute approximate surface area is 183 Å². The molecule has 1 aromatic heterocycles. The van der Waals surface area contributed by atoms with Gasteiger partial charge in [0, 0.05) is 35.2 Å². The Bertz CT molecular complexity index is 1040. The van der Waals surface area contributed by atoms with Crippen LogP contribution < -0.4 is 14.8 Å². The first-order valence-electron chi connectivity index (χ1n) is 11.0. The molecule has 1 N–H and O–H groups in total. The monoisotopic (exact) mass is 419 g/mol. The van der Waals surface area contributed by atoms with Crippen LogP contribution in [0.25, 0.3) is 11.4 Å². The quantitative estimate of drug-likeness (QED) is 0.502. The summed E-state index contributed by atoms with van der Waals surface area (Å²) in [6.45, 7) is 3.76. The van der Waals surface area contributed by atoms with Gasteiger partial charge in [-0.15, -0.1) is 0 Å². The maximum absolute atomic E-state index is 12.7. The number of unbranched alkanes of at least 4 members (excludes halogenated alkanes) is 1. The van der Waals surface area contributed by atoms with Crippen molar-refractivity contribution in [1.82, 2.24) is 9.55 Å². The van der Waals surface area contributed by atoms with Crippen LogP contribution >= 0.6 is 0 Å². The van der Waals surface area contributed by atoms with Crippen LogP contribution in [-0.2, 0) is 13.0 Å². The number of carbonyl (C=O) groups excluding carboxylic acids is 1. The predicted octanol–water partition coefficient (Wildman–Crippen LogP) is 5.33. The molecule has 0 spiro atoms. The second-order valence-electron chi connectivity index (χ2n) is 7.78. The first-order chi connectivity index (χ1) is 15.2. The van der Waals surface area contributed by atoms with Gasteiger partial charge in [-0.1, -0.05) is 13.3 Å². The van der Waals surface area contributed by atoms with Gasteiger partial charge in [0.2, 0.25) is 0 Å². The second-order valence-corrected chi connectivity index (χ2v) is 7.78. The number of amides is 1. The van der Waals surface area contributed by atoms with Crippen molar-refractivity contribution >= 4 is 11.6 Å². The summed E-state index contributed by atoms with van der Waals surface area (Å²) in [6.07, 6.45) is 7.52. The lowest BCUT2D eigenvalue weighted by Crippen LogP contribution is -2.12. The van der Waals surface area contributed by atoms with E-state index in [2.05, 4.69) is 21.8 Å². The molecule has 6 heteroatoms. The number of imidazole rings is 1. The number of anilines is 1. The zero-order chi connectivity index (χ0) is 21.6. The molecule has 0 bridgehead atoms. The molecule has 2 heterocycles. The van der Waals surface area contributed by atoms with Gasteiger partial charge in [0.1, 0.15) is 5.82 Å². The summed E-state index contributed by atoms with van der Waals surface area (Å²) in [5.74, 6) is 2.02. The molecule has 6 nitrogen and oxygen atoms in total. The van der Waals surface area contributed by atoms with Crippen LogP contribution in [0.2, 0.25) is 0 Å². The third-order valence-electron chi connectivity index (χ3n) is 5.59. The van der Waals surface area contributed by atoms with Crippen LogP contribution in [0.3, 0.4) is 0 Å². The standard InChI is InChI=1S/C25H29N3O3/c1-3-4-15-31-22-13-10-19(16-23(22)30-2)25(29)27-20-11-8-18(9-12-20)24-26-17-21-7-5-6-14-28(21)24/h8-13,16-17H,3-7,14-15H2,1-2H3,(H,27,29). The number of rotatable bonds is 8. The molecule has 1 amide bonds. The minimum absolute atomic E-state index is 0.190. The van der Waals surface area contributed by atoms with Gasteiger partial charge in [0.05, 0.1) is 13.7 Å². The highest BCUT2D eigenvalue weighted by molar-refractivity contribution is 6.04. The van der Waals surface area contributed by atoms with Crippen molar-refractivity contribution in [1.29, 1.82) is 0 Å². The summed E-state index contributed by atoms with van der Waals surface area (Å²) in [5.41, 5.74) is 3.61. The third kappa shape index (κ3) is 4.74. The van der Waals surface area contributed by atoms with Crippen molar-refractivity contribution in [2.45, 2.75) is 45.6 Å². The molecule has 0 unspecified atom stereocenters. The van der Waals surface area contributed by atoms with Crippen LogP contribution in [0.15, 0.2) is 48.7 Å². The van der Waals surface area contributed by atoms with Crippen molar-refractivity contribution in [2.75, 3.05) is 19.0 Å². The molecule has 2 aromatic carbocycles. The van der Waals surface area contributed by atoms with Gasteiger partial charge in [-0.25, -0.2) is 4.98 Å². The van der Waals surface area contributed by atoms with E-state index in [1.807, 2.05) is 30.5 Å². The van der Waals surface area contributed by atoms with Gasteiger partial charge < -0.3 is 19.4 Å². The first-order valence-corrected chi connectivity index (χ1v) is 11.0. The van der Waals surface area contributed by atoms with Gasteiger partial charge in [0.15, 0.2) is 11.5 Å². The highest BCUT2D eigenvalue weighted by atomic mass is 16.5. The fraction of sp³-hybridized carbons (Fsp3) is 0.360. The number of benzene rings is 2. The summed E-state index contributed by atoms with van der Waals surface area (Å²) < 4.78 is 13.4. The summed E-state index contributed by atoms with van der Waals surface area (Å²) in [7, 11) is 1.58. The summed E-state index contributed by atoms with van der Waals surface area (Å²) in [4.78, 5) is 17.3. The molecule has 3 aromatic rings. The third-order valence-corrected chi connectivity index (χ3v) is 5.59. The summed E-state index contributed by atoms with van der Waals surface area (Å²) >= 11 is 0. The van der Waals surface area contributed by atoms with Crippen LogP contribution in [-0.4, -0.2) is 29.2 Å². The van der Waals surface area contributed by atoms with E-state index in [0.29, 0.717) is 23.7 Å². The molecular formula is C25H29N3O3. The van der Waals surface area contributed by atoms with Crippen LogP contribution in [0, 0.1) is 0 Å². The van der Waals surface area contributed by atoms with Crippen molar-refractivity contribution in [3.05, 3.63) is 59.9 Å². The Hall–Kier alpha value is -3.28. The number of nitrogens with one attached hydrogen (secondary N) is 1. The maximum atomic E-state index is 12.7. The molecule has 31 heavy (non-hydrogen) atoms. The fourth-order valence-corrected chi connectivity index (χ4v) is 3.83. The maximum Gasteiger partial charge on any atom is 0.255 e. The molecular weight excluding hydrogens is 390 g/mol. The van der Waals surface area contributed by atoms with Crippen molar-refractivity contribution < 1.29 is 14.3 Å². The van der Waals surface area contributed by atoms with E-state index in [4.69, 9.17) is 9.47 Å². The summed E-state index contributed by atoms with van der Waals surface area (Å²) in [6, 6.07) is 13.1. The smallest absolute Gasteiger partial charge is 0.255 e. The van der Waals surface area contributed by atoms with Crippen LogP contribution in [0.5, 0.6) is 11.5 Å². The van der Waals surface area contributed by atoms with Crippen molar-refractivity contribution in [3.63, 3.8) is 0 Å². The minimum Gasteiger partial charge on any atom is -0.493 e. The minimum atomic E-state index is -0.190. The van der Waals surface area contributed by atoms with E-state index in [9.17, 15) is 4.79 Å². The van der Waals surface area contributed by atoms with E-state index in [0.717, 1.165) is 42.9 Å². The first kappa shape index (κ1) is 21.0. The molecule has 0 aliphatic carbocycles. The molecule has 0 saturated carbocycles. The number of fused-ring (bicyclic) bond motifs is 1. The van der Waals surface area contributed by atoms with Gasteiger partial charge >= 0.3 is 0 Å². The highest BCUT2D eigenvalue weighted by Crippen LogP contribution is 2.29. The zero-order valence-electron chi connectivity index (χ0n) is 18.2. The Morgan fingerprint density at radius 1 is 1.13 bits per heavy atom. The van der Waals surface area contributed by atoms with E-state index in [-0.39, 0.29) is 5.91 Å². The number of hydrogen-bond donors (Lipinski definition) is 1. The molecule has 4 rings (SSSR count). The SMILES string of the molecule is CCCCOc1ccc(C(=O)Nc2ccc(-c3ncc4n3CCCC4)cc2)cc1OC. The molecule has 1 aliphatic rings. The number of methoxy groups -OCH3 is 1. The fourth-order valence-electron chi connectivity index (χ4n) is 3.83. The Morgan fingerprint density at radius 3 is 2.74 bits per heavy atom. The Morgan fingerprint density at radius 2 is 1.97 bits per heavy atom. The van der Waals surface area contributed by atoms with E-state index in [1.165, 1.54) is 18.5 Å². The number of ether oxygens (including phenoxy) is 2. The molecule has 0 fully saturated rings. The van der Waals surface area contributed by atoms with Gasteiger partial charge in [0.25, 0.3) is 5.91 Å². The lowest BCUT2D eigenvalue weighted by atomic mass is 10.1. The second kappa shape index (κ2) is 9.69. The number of nitrogens with zero attached hydrogens (tertiary/aromatic N) is 2. The number of aryl methyl sites for hydroxylation is 1. The van der Waals surface area contributed by atoms with Gasteiger partial charge in [-0.3, -0.25) is 4.79 Å². The van der Waals surface area contributed by atoms with Crippen molar-refractivity contribution in [3.8, 4) is 22.9 Å². The number of aromatic nitrogens is 2. The van der Waals surface area contributed by atoms with E-state index in [1.54, 1.807) is 25.3 Å². The van der Waals surface area contributed by atoms with Crippen molar-refractivity contribution in [2.24, 2.45) is 0 Å². The molecule has 0 radical (unpaired) electrons. The Balaban J connectivity index is 1.44. The van der Waals surface area contributed by atoms with Crippen LogP contribution in [0.4, 0.5) is 5.69 Å². The molecule has 0 saturated heterocycles. The normalized spacial score (nSPS) is 12.8. The molecule has 1 aliphatic heterocycles. The molecule has 162 valence electrons. The lowest BCUT2D eigenvalue weighted by Gasteiger charge is -2.16. The number of carbonyl (C=O) groups is 1. The highest BCUT2D eigenvalue weighted by Gasteiger charge is 2.16. The van der Waals surface area contributed by atoms with Gasteiger partial charge in [-0.2, -0.15) is 0 Å². The Kier molecular flexibility index (Phi) is 6.55. The van der Waals surface area contributed by atoms with Crippen LogP contribution in [0.1, 0.15) is 48.7 Å². The number of hydrogen-bond acceptors (Lipinski definition) is 4.